The summed E-state index contributed by atoms with van der Waals surface area (Å²) in [5, 5.41) is 2.51. The van der Waals surface area contributed by atoms with Gasteiger partial charge in [-0.15, -0.1) is 0 Å². The number of anilines is 3. The van der Waals surface area contributed by atoms with E-state index in [-0.39, 0.29) is 5.41 Å². The lowest BCUT2D eigenvalue weighted by atomic mass is 9.81. The predicted octanol–water partition coefficient (Wildman–Crippen LogP) is 15.3. The first-order chi connectivity index (χ1) is 27.5. The Bertz CT molecular complexity index is 2880. The molecule has 0 aliphatic heterocycles. The molecule has 9 aromatic rings. The molecule has 56 heavy (non-hydrogen) atoms. The van der Waals surface area contributed by atoms with Gasteiger partial charge in [-0.2, -0.15) is 0 Å². The van der Waals surface area contributed by atoms with E-state index >= 15 is 0 Å². The van der Waals surface area contributed by atoms with Gasteiger partial charge < -0.3 is 4.90 Å². The van der Waals surface area contributed by atoms with Gasteiger partial charge in [0.05, 0.1) is 11.4 Å². The number of fused-ring (bicyclic) bond motifs is 4. The van der Waals surface area contributed by atoms with Crippen molar-refractivity contribution in [3.63, 3.8) is 0 Å². The van der Waals surface area contributed by atoms with Crippen molar-refractivity contribution < 1.29 is 0 Å². The predicted molar refractivity (Wildman–Crippen MR) is 238 cm³/mol. The van der Waals surface area contributed by atoms with Crippen LogP contribution in [-0.2, 0) is 5.41 Å². The number of para-hydroxylation sites is 2. The van der Waals surface area contributed by atoms with E-state index in [0.29, 0.717) is 0 Å². The van der Waals surface area contributed by atoms with E-state index in [1.54, 1.807) is 0 Å². The smallest absolute Gasteiger partial charge is 0.0540 e. The first kappa shape index (κ1) is 33.6. The average molecular weight is 716 g/mol. The van der Waals surface area contributed by atoms with Crippen LogP contribution in [0.5, 0.6) is 0 Å². The van der Waals surface area contributed by atoms with E-state index in [4.69, 9.17) is 0 Å². The standard InChI is InChI=1S/C55H41N/c1-55(2)51-27-11-8-25-49(51)50-35-32-41(37-52(50)55)38-30-33-44(34-31-38)56(53-28-12-9-23-47(53)40-16-4-3-5-17-40)54-29-13-10-24-48(54)43-21-14-20-42(36-43)46-26-15-19-39-18-6-7-22-45(39)46/h3-37H,1-2H3. The molecular weight excluding hydrogens is 675 g/mol. The highest BCUT2D eigenvalue weighted by atomic mass is 15.1. The molecule has 1 nitrogen and oxygen atoms in total. The molecule has 0 spiro atoms. The van der Waals surface area contributed by atoms with Crippen molar-refractivity contribution >= 4 is 27.8 Å². The summed E-state index contributed by atoms with van der Waals surface area (Å²) < 4.78 is 0. The van der Waals surface area contributed by atoms with Gasteiger partial charge >= 0.3 is 0 Å². The molecule has 0 radical (unpaired) electrons. The molecule has 0 N–H and O–H groups in total. The highest BCUT2D eigenvalue weighted by Gasteiger charge is 2.35. The van der Waals surface area contributed by atoms with E-state index in [2.05, 4.69) is 231 Å². The zero-order valence-electron chi connectivity index (χ0n) is 31.7. The van der Waals surface area contributed by atoms with E-state index in [9.17, 15) is 0 Å². The Balaban J connectivity index is 1.11. The van der Waals surface area contributed by atoms with Crippen LogP contribution in [0, 0.1) is 0 Å². The van der Waals surface area contributed by atoms with Gasteiger partial charge in [-0.25, -0.2) is 0 Å². The average Bonchev–Trinajstić information content (AvgIpc) is 3.50. The van der Waals surface area contributed by atoms with Crippen LogP contribution in [0.4, 0.5) is 17.1 Å². The van der Waals surface area contributed by atoms with Gasteiger partial charge in [0.2, 0.25) is 0 Å². The quantitative estimate of drug-likeness (QED) is 0.159. The number of hydrogen-bond acceptors (Lipinski definition) is 1. The van der Waals surface area contributed by atoms with Gasteiger partial charge in [0.15, 0.2) is 0 Å². The molecule has 1 aliphatic carbocycles. The second-order valence-corrected chi connectivity index (χ2v) is 15.3. The van der Waals surface area contributed by atoms with Crippen LogP contribution in [0.3, 0.4) is 0 Å². The lowest BCUT2D eigenvalue weighted by Gasteiger charge is -2.30. The fourth-order valence-corrected chi connectivity index (χ4v) is 8.87. The van der Waals surface area contributed by atoms with Crippen LogP contribution in [0.15, 0.2) is 212 Å². The minimum Gasteiger partial charge on any atom is -0.309 e. The van der Waals surface area contributed by atoms with Crippen molar-refractivity contribution in [1.29, 1.82) is 0 Å². The van der Waals surface area contributed by atoms with Crippen molar-refractivity contribution in [3.05, 3.63) is 223 Å². The summed E-state index contributed by atoms with van der Waals surface area (Å²) in [6, 6.07) is 77.6. The third-order valence-electron chi connectivity index (χ3n) is 11.7. The second-order valence-electron chi connectivity index (χ2n) is 15.3. The zero-order valence-corrected chi connectivity index (χ0v) is 31.7. The van der Waals surface area contributed by atoms with E-state index in [1.165, 1.54) is 77.5 Å². The molecule has 0 atom stereocenters. The SMILES string of the molecule is CC1(C)c2ccccc2-c2ccc(-c3ccc(N(c4ccccc4-c4ccccc4)c4ccccc4-c4cccc(-c5cccc6ccccc56)c4)cc3)cc21. The van der Waals surface area contributed by atoms with Gasteiger partial charge in [-0.1, -0.05) is 190 Å². The molecule has 1 heteroatoms. The number of rotatable bonds is 7. The van der Waals surface area contributed by atoms with Crippen LogP contribution in [0.1, 0.15) is 25.0 Å². The summed E-state index contributed by atoms with van der Waals surface area (Å²) in [5.74, 6) is 0. The minimum atomic E-state index is -0.0472. The van der Waals surface area contributed by atoms with Gasteiger partial charge in [0.25, 0.3) is 0 Å². The van der Waals surface area contributed by atoms with Gasteiger partial charge in [-0.3, -0.25) is 0 Å². The van der Waals surface area contributed by atoms with Gasteiger partial charge in [-0.05, 0) is 103 Å². The molecule has 10 rings (SSSR count). The summed E-state index contributed by atoms with van der Waals surface area (Å²) in [7, 11) is 0. The summed E-state index contributed by atoms with van der Waals surface area (Å²) in [6.45, 7) is 4.70. The number of nitrogens with zero attached hydrogens (tertiary/aromatic N) is 1. The van der Waals surface area contributed by atoms with Crippen LogP contribution >= 0.6 is 0 Å². The minimum absolute atomic E-state index is 0.0472. The molecule has 0 bridgehead atoms. The number of benzene rings is 9. The highest BCUT2D eigenvalue weighted by Crippen LogP contribution is 2.50. The Hall–Kier alpha value is -6.96. The maximum atomic E-state index is 2.44. The maximum absolute atomic E-state index is 2.44. The molecule has 266 valence electrons. The molecule has 0 saturated heterocycles. The van der Waals surface area contributed by atoms with Gasteiger partial charge in [0, 0.05) is 22.2 Å². The summed E-state index contributed by atoms with van der Waals surface area (Å²) in [6.07, 6.45) is 0. The van der Waals surface area contributed by atoms with Crippen LogP contribution in [-0.4, -0.2) is 0 Å². The van der Waals surface area contributed by atoms with Crippen molar-refractivity contribution in [3.8, 4) is 55.6 Å². The molecule has 9 aromatic carbocycles. The molecule has 0 aromatic heterocycles. The second kappa shape index (κ2) is 13.7. The zero-order chi connectivity index (χ0) is 37.6. The van der Waals surface area contributed by atoms with Gasteiger partial charge in [0.1, 0.15) is 0 Å². The van der Waals surface area contributed by atoms with Crippen molar-refractivity contribution in [1.82, 2.24) is 0 Å². The van der Waals surface area contributed by atoms with E-state index in [0.717, 1.165) is 17.1 Å². The normalized spacial score (nSPS) is 12.6. The molecule has 0 saturated carbocycles. The Morgan fingerprint density at radius 2 is 0.839 bits per heavy atom. The summed E-state index contributed by atoms with van der Waals surface area (Å²) in [4.78, 5) is 2.44. The lowest BCUT2D eigenvalue weighted by Crippen LogP contribution is -2.14. The molecule has 0 heterocycles. The van der Waals surface area contributed by atoms with Crippen molar-refractivity contribution in [2.75, 3.05) is 4.90 Å². The highest BCUT2D eigenvalue weighted by molar-refractivity contribution is 5.99. The van der Waals surface area contributed by atoms with Crippen LogP contribution in [0.2, 0.25) is 0 Å². The third-order valence-corrected chi connectivity index (χ3v) is 11.7. The first-order valence-electron chi connectivity index (χ1n) is 19.5. The Morgan fingerprint density at radius 1 is 0.321 bits per heavy atom. The van der Waals surface area contributed by atoms with Crippen LogP contribution in [0.25, 0.3) is 66.4 Å². The fourth-order valence-electron chi connectivity index (χ4n) is 8.87. The largest absolute Gasteiger partial charge is 0.309 e. The van der Waals surface area contributed by atoms with Crippen molar-refractivity contribution in [2.24, 2.45) is 0 Å². The number of hydrogen-bond donors (Lipinski definition) is 0. The molecule has 0 fully saturated rings. The summed E-state index contributed by atoms with van der Waals surface area (Å²) in [5.41, 5.74) is 18.4. The monoisotopic (exact) mass is 715 g/mol. The molecular formula is C55H41N. The lowest BCUT2D eigenvalue weighted by molar-refractivity contribution is 0.660. The van der Waals surface area contributed by atoms with Crippen LogP contribution < -0.4 is 4.90 Å². The third kappa shape index (κ3) is 5.72. The van der Waals surface area contributed by atoms with E-state index < -0.39 is 0 Å². The Morgan fingerprint density at radius 3 is 1.61 bits per heavy atom. The maximum Gasteiger partial charge on any atom is 0.0540 e. The fraction of sp³-hybridized carbons (Fsp3) is 0.0545. The molecule has 1 aliphatic rings. The Labute approximate surface area is 329 Å². The first-order valence-corrected chi connectivity index (χ1v) is 19.5. The molecule has 0 unspecified atom stereocenters. The summed E-state index contributed by atoms with van der Waals surface area (Å²) >= 11 is 0. The molecule has 0 amide bonds. The van der Waals surface area contributed by atoms with Crippen molar-refractivity contribution in [2.45, 2.75) is 19.3 Å². The topological polar surface area (TPSA) is 3.24 Å². The Kier molecular flexibility index (Phi) is 8.23. The van der Waals surface area contributed by atoms with E-state index in [1.807, 2.05) is 0 Å².